The predicted octanol–water partition coefficient (Wildman–Crippen LogP) is 17.5. The molecule has 2 heterocycles. The number of rotatable bonds is 4. The van der Waals surface area contributed by atoms with E-state index < -0.39 is 0 Å². The Morgan fingerprint density at radius 3 is 1.06 bits per heavy atom. The van der Waals surface area contributed by atoms with Crippen LogP contribution in [0.15, 0.2) is 146 Å². The van der Waals surface area contributed by atoms with Crippen LogP contribution in [0, 0.1) is 10.8 Å². The Morgan fingerprint density at radius 1 is 0.375 bits per heavy atom. The average molecular weight is 837 g/mol. The highest BCUT2D eigenvalue weighted by Gasteiger charge is 2.66. The van der Waals surface area contributed by atoms with Crippen molar-refractivity contribution in [3.05, 3.63) is 157 Å². The van der Waals surface area contributed by atoms with E-state index >= 15 is 0 Å². The molecule has 2 nitrogen and oxygen atoms in total. The van der Waals surface area contributed by atoms with Crippen LogP contribution in [0.4, 0.5) is 22.7 Å². The summed E-state index contributed by atoms with van der Waals surface area (Å²) in [6.45, 7) is 20.1. The molecular weight excluding hydrogens is 773 g/mol. The molecule has 8 aromatic rings. The molecule has 4 aliphatic rings. The van der Waals surface area contributed by atoms with Crippen LogP contribution in [0.25, 0.3) is 54.6 Å². The van der Waals surface area contributed by atoms with Gasteiger partial charge in [0.1, 0.15) is 0 Å². The van der Waals surface area contributed by atoms with Crippen LogP contribution >= 0.6 is 0 Å². The van der Waals surface area contributed by atoms with Gasteiger partial charge in [0.15, 0.2) is 0 Å². The second-order valence-corrected chi connectivity index (χ2v) is 22.8. The molecular formula is C62H64N2. The third-order valence-electron chi connectivity index (χ3n) is 17.9. The molecule has 0 N–H and O–H groups in total. The van der Waals surface area contributed by atoms with Gasteiger partial charge < -0.3 is 9.80 Å². The van der Waals surface area contributed by atoms with Crippen LogP contribution in [0.1, 0.15) is 118 Å². The van der Waals surface area contributed by atoms with Gasteiger partial charge in [0, 0.05) is 33.6 Å². The molecule has 4 atom stereocenters. The van der Waals surface area contributed by atoms with Crippen molar-refractivity contribution in [2.24, 2.45) is 10.8 Å². The SMILES string of the molecule is CC(C)(C)C12CCCCC1(C)c1cc(-c3cc4ccc5cc(-c6ccc7c(c6)C6(C)CCCCC6(C(C)(C)C)N7c6ccccc6)cc6ccc(c3)c4c56)ccc1N2c1ccccc1. The van der Waals surface area contributed by atoms with E-state index in [0.29, 0.717) is 0 Å². The lowest BCUT2D eigenvalue weighted by Gasteiger charge is -2.59. The van der Waals surface area contributed by atoms with E-state index in [4.69, 9.17) is 0 Å². The van der Waals surface area contributed by atoms with Crippen molar-refractivity contribution < 1.29 is 0 Å². The smallest absolute Gasteiger partial charge is 0.0594 e. The lowest BCUT2D eigenvalue weighted by Crippen LogP contribution is -2.64. The van der Waals surface area contributed by atoms with Crippen molar-refractivity contribution in [3.63, 3.8) is 0 Å². The van der Waals surface area contributed by atoms with Crippen molar-refractivity contribution in [2.45, 2.75) is 129 Å². The number of nitrogens with zero attached hydrogens (tertiary/aromatic N) is 2. The quantitative estimate of drug-likeness (QED) is 0.163. The molecule has 322 valence electrons. The highest BCUT2D eigenvalue weighted by Crippen LogP contribution is 2.68. The molecule has 2 saturated carbocycles. The van der Waals surface area contributed by atoms with Gasteiger partial charge in [-0.05, 0) is 175 Å². The number of hydrogen-bond donors (Lipinski definition) is 0. The Labute approximate surface area is 381 Å². The molecule has 0 radical (unpaired) electrons. The zero-order chi connectivity index (χ0) is 44.0. The first-order valence-electron chi connectivity index (χ1n) is 24.4. The van der Waals surface area contributed by atoms with Gasteiger partial charge in [0.25, 0.3) is 0 Å². The Morgan fingerprint density at radius 2 is 0.719 bits per heavy atom. The van der Waals surface area contributed by atoms with Gasteiger partial charge in [-0.25, -0.2) is 0 Å². The Hall–Kier alpha value is -5.60. The van der Waals surface area contributed by atoms with Gasteiger partial charge >= 0.3 is 0 Å². The van der Waals surface area contributed by atoms with E-state index in [2.05, 4.69) is 211 Å². The molecule has 0 saturated heterocycles. The molecule has 8 aromatic carbocycles. The molecule has 4 unspecified atom stereocenters. The molecule has 0 aromatic heterocycles. The Balaban J connectivity index is 0.961. The van der Waals surface area contributed by atoms with Crippen LogP contribution in [-0.2, 0) is 10.8 Å². The highest BCUT2D eigenvalue weighted by molar-refractivity contribution is 6.24. The normalized spacial score (nSPS) is 25.5. The summed E-state index contributed by atoms with van der Waals surface area (Å²) in [5.74, 6) is 0. The molecule has 0 spiro atoms. The Bertz CT molecular complexity index is 2850. The summed E-state index contributed by atoms with van der Waals surface area (Å²) in [6, 6.07) is 56.7. The van der Waals surface area contributed by atoms with E-state index in [1.807, 2.05) is 0 Å². The summed E-state index contributed by atoms with van der Waals surface area (Å²) in [7, 11) is 0. The average Bonchev–Trinajstić information content (AvgIpc) is 3.69. The number of anilines is 4. The Kier molecular flexibility index (Phi) is 8.41. The van der Waals surface area contributed by atoms with Crippen LogP contribution in [-0.4, -0.2) is 11.1 Å². The maximum atomic E-state index is 2.76. The number of para-hydroxylation sites is 2. The standard InChI is InChI=1S/C62H64N2/c1-57(2,3)61-33-17-15-31-59(61,7)51-39-41(27-29-53(51)63(61)49-19-11-9-12-20-49)47-35-43-23-25-45-37-48(38-46-26-24-44(36-47)55(43)56(45)46)42-28-30-54-52(40-42)60(8)32-16-18-34-62(60,58(4,5)6)64(54)50-21-13-10-14-22-50/h9-14,19-30,35-40H,15-18,31-34H2,1-8H3. The fourth-order valence-corrected chi connectivity index (χ4v) is 15.4. The maximum absolute atomic E-state index is 2.76. The minimum atomic E-state index is -0.0139. The lowest BCUT2D eigenvalue weighted by atomic mass is 9.52. The zero-order valence-electron chi connectivity index (χ0n) is 39.4. The van der Waals surface area contributed by atoms with Crippen LogP contribution in [0.3, 0.4) is 0 Å². The summed E-state index contributed by atoms with van der Waals surface area (Å²) >= 11 is 0. The van der Waals surface area contributed by atoms with E-state index in [-0.39, 0.29) is 32.7 Å². The van der Waals surface area contributed by atoms with Crippen molar-refractivity contribution in [2.75, 3.05) is 9.80 Å². The largest absolute Gasteiger partial charge is 0.334 e. The van der Waals surface area contributed by atoms with Gasteiger partial charge in [-0.1, -0.05) is 154 Å². The molecule has 0 amide bonds. The van der Waals surface area contributed by atoms with Gasteiger partial charge in [0.2, 0.25) is 0 Å². The minimum Gasteiger partial charge on any atom is -0.334 e. The predicted molar refractivity (Wildman–Crippen MR) is 274 cm³/mol. The first-order chi connectivity index (χ1) is 30.7. The van der Waals surface area contributed by atoms with Gasteiger partial charge in [-0.2, -0.15) is 0 Å². The fourth-order valence-electron chi connectivity index (χ4n) is 15.4. The first kappa shape index (κ1) is 40.0. The van der Waals surface area contributed by atoms with Crippen molar-refractivity contribution >= 4 is 55.1 Å². The summed E-state index contributed by atoms with van der Waals surface area (Å²) in [6.07, 6.45) is 9.91. The molecule has 2 heteroatoms. The molecule has 64 heavy (non-hydrogen) atoms. The van der Waals surface area contributed by atoms with E-state index in [1.54, 1.807) is 0 Å². The molecule has 2 aliphatic heterocycles. The van der Waals surface area contributed by atoms with E-state index in [1.165, 1.54) is 140 Å². The van der Waals surface area contributed by atoms with Crippen LogP contribution in [0.5, 0.6) is 0 Å². The van der Waals surface area contributed by atoms with Gasteiger partial charge in [-0.15, -0.1) is 0 Å². The third-order valence-corrected chi connectivity index (χ3v) is 17.9. The molecule has 0 bridgehead atoms. The van der Waals surface area contributed by atoms with Crippen molar-refractivity contribution in [3.8, 4) is 22.3 Å². The second kappa shape index (κ2) is 13.5. The maximum Gasteiger partial charge on any atom is 0.0594 e. The highest BCUT2D eigenvalue weighted by atomic mass is 15.3. The van der Waals surface area contributed by atoms with E-state index in [9.17, 15) is 0 Å². The first-order valence-corrected chi connectivity index (χ1v) is 24.4. The van der Waals surface area contributed by atoms with Crippen LogP contribution < -0.4 is 9.80 Å². The third kappa shape index (κ3) is 5.09. The van der Waals surface area contributed by atoms with Crippen molar-refractivity contribution in [1.82, 2.24) is 0 Å². The number of fused-ring (bicyclic) bond motifs is 6. The molecule has 2 aliphatic carbocycles. The molecule has 2 fully saturated rings. The second-order valence-electron chi connectivity index (χ2n) is 22.8. The van der Waals surface area contributed by atoms with Crippen LogP contribution in [0.2, 0.25) is 0 Å². The summed E-state index contributed by atoms with van der Waals surface area (Å²) in [5.41, 5.74) is 13.9. The number of benzene rings is 8. The summed E-state index contributed by atoms with van der Waals surface area (Å²) < 4.78 is 0. The zero-order valence-corrected chi connectivity index (χ0v) is 39.4. The van der Waals surface area contributed by atoms with Gasteiger partial charge in [0.05, 0.1) is 11.1 Å². The topological polar surface area (TPSA) is 6.48 Å². The van der Waals surface area contributed by atoms with Crippen molar-refractivity contribution in [1.29, 1.82) is 0 Å². The summed E-state index contributed by atoms with van der Waals surface area (Å²) in [4.78, 5) is 5.52. The monoisotopic (exact) mass is 837 g/mol. The fraction of sp³-hybridized carbons (Fsp3) is 0.355. The number of hydrogen-bond acceptors (Lipinski definition) is 2. The molecule has 12 rings (SSSR count). The minimum absolute atomic E-state index is 0.0139. The van der Waals surface area contributed by atoms with Gasteiger partial charge in [-0.3, -0.25) is 0 Å². The lowest BCUT2D eigenvalue weighted by molar-refractivity contribution is 0.0607. The van der Waals surface area contributed by atoms with E-state index in [0.717, 1.165) is 0 Å². The summed E-state index contributed by atoms with van der Waals surface area (Å²) in [5, 5.41) is 8.04.